The lowest BCUT2D eigenvalue weighted by Crippen LogP contribution is -2.31. The summed E-state index contributed by atoms with van der Waals surface area (Å²) in [7, 11) is 1.48. The van der Waals surface area contributed by atoms with E-state index < -0.39 is 35.4 Å². The number of halogens is 1. The quantitative estimate of drug-likeness (QED) is 0.587. The molecule has 6 heteroatoms. The Morgan fingerprint density at radius 3 is 2.21 bits per heavy atom. The third-order valence-corrected chi connectivity index (χ3v) is 4.38. The minimum atomic E-state index is -0.625. The zero-order chi connectivity index (χ0) is 21.6. The van der Waals surface area contributed by atoms with Crippen LogP contribution in [0.25, 0.3) is 0 Å². The third kappa shape index (κ3) is 7.13. The highest BCUT2D eigenvalue weighted by atomic mass is 19.1. The summed E-state index contributed by atoms with van der Waals surface area (Å²) >= 11 is 0. The highest BCUT2D eigenvalue weighted by molar-refractivity contribution is 5.80. The summed E-state index contributed by atoms with van der Waals surface area (Å²) < 4.78 is 29.8. The summed E-state index contributed by atoms with van der Waals surface area (Å²) in [5.74, 6) is -1.57. The molecule has 0 aliphatic rings. The molecule has 1 rings (SSSR count). The van der Waals surface area contributed by atoms with Crippen LogP contribution in [-0.2, 0) is 19.1 Å². The Morgan fingerprint density at radius 2 is 1.71 bits per heavy atom. The summed E-state index contributed by atoms with van der Waals surface area (Å²) in [5, 5.41) is 0. The average Bonchev–Trinajstić information content (AvgIpc) is 2.53. The number of esters is 2. The second kappa shape index (κ2) is 9.89. The molecule has 0 amide bonds. The van der Waals surface area contributed by atoms with Gasteiger partial charge in [0.15, 0.2) is 0 Å². The predicted molar refractivity (Wildman–Crippen MR) is 106 cm³/mol. The van der Waals surface area contributed by atoms with Gasteiger partial charge in [-0.1, -0.05) is 26.8 Å². The molecule has 0 aliphatic carbocycles. The van der Waals surface area contributed by atoms with E-state index >= 15 is 0 Å². The molecule has 1 aromatic rings. The van der Waals surface area contributed by atoms with E-state index in [1.165, 1.54) is 19.2 Å². The van der Waals surface area contributed by atoms with Crippen molar-refractivity contribution >= 4 is 11.9 Å². The molecule has 3 atom stereocenters. The van der Waals surface area contributed by atoms with Gasteiger partial charge in [0, 0.05) is 17.5 Å². The molecular weight excluding hydrogens is 363 g/mol. The van der Waals surface area contributed by atoms with Crippen molar-refractivity contribution in [3.05, 3.63) is 29.6 Å². The van der Waals surface area contributed by atoms with Crippen molar-refractivity contribution in [1.29, 1.82) is 0 Å². The smallest absolute Gasteiger partial charge is 0.309 e. The lowest BCUT2D eigenvalue weighted by atomic mass is 9.83. The van der Waals surface area contributed by atoms with Crippen molar-refractivity contribution in [2.75, 3.05) is 7.11 Å². The van der Waals surface area contributed by atoms with E-state index in [4.69, 9.17) is 14.2 Å². The van der Waals surface area contributed by atoms with Crippen LogP contribution < -0.4 is 4.74 Å². The third-order valence-electron chi connectivity index (χ3n) is 4.38. The maximum absolute atomic E-state index is 13.5. The van der Waals surface area contributed by atoms with E-state index in [1.807, 2.05) is 13.8 Å². The molecule has 0 bridgehead atoms. The van der Waals surface area contributed by atoms with Gasteiger partial charge in [0.2, 0.25) is 0 Å². The van der Waals surface area contributed by atoms with Crippen molar-refractivity contribution in [3.8, 4) is 5.75 Å². The first-order valence-electron chi connectivity index (χ1n) is 9.61. The normalized spacial score (nSPS) is 14.9. The van der Waals surface area contributed by atoms with Crippen molar-refractivity contribution in [2.24, 2.45) is 11.8 Å². The molecule has 0 radical (unpaired) electrons. The molecule has 0 N–H and O–H groups in total. The van der Waals surface area contributed by atoms with Gasteiger partial charge in [-0.3, -0.25) is 9.59 Å². The highest BCUT2D eigenvalue weighted by Crippen LogP contribution is 2.36. The van der Waals surface area contributed by atoms with Gasteiger partial charge in [0.25, 0.3) is 0 Å². The number of carbonyl (C=O) groups excluding carboxylic acids is 2. The van der Waals surface area contributed by atoms with Gasteiger partial charge in [-0.15, -0.1) is 0 Å². The standard InChI is InChI=1S/C22H33FO5/c1-13(2)20(17-10-9-16(23)12-18(17)26-8)15(4)27-21(25)14(3)11-19(24)28-22(5,6)7/h9-10,12-15,20H,11H2,1-8H3/t14-,15+,20-/m1/s1. The Morgan fingerprint density at radius 1 is 1.11 bits per heavy atom. The van der Waals surface area contributed by atoms with Crippen LogP contribution in [0.1, 0.15) is 66.4 Å². The number of benzene rings is 1. The van der Waals surface area contributed by atoms with E-state index in [0.29, 0.717) is 5.75 Å². The second-order valence-electron chi connectivity index (χ2n) is 8.49. The first-order valence-corrected chi connectivity index (χ1v) is 9.61. The van der Waals surface area contributed by atoms with E-state index in [9.17, 15) is 14.0 Å². The summed E-state index contributed by atoms with van der Waals surface area (Å²) in [5.41, 5.74) is 0.176. The Bertz CT molecular complexity index is 678. The molecule has 0 spiro atoms. The topological polar surface area (TPSA) is 61.8 Å². The number of hydrogen-bond donors (Lipinski definition) is 0. The molecule has 28 heavy (non-hydrogen) atoms. The molecule has 0 saturated heterocycles. The second-order valence-corrected chi connectivity index (χ2v) is 8.49. The number of methoxy groups -OCH3 is 1. The predicted octanol–water partition coefficient (Wildman–Crippen LogP) is 4.87. The zero-order valence-electron chi connectivity index (χ0n) is 18.2. The number of carbonyl (C=O) groups is 2. The maximum Gasteiger partial charge on any atom is 0.309 e. The van der Waals surface area contributed by atoms with Crippen LogP contribution in [0.2, 0.25) is 0 Å². The molecular formula is C22H33FO5. The van der Waals surface area contributed by atoms with Crippen molar-refractivity contribution < 1.29 is 28.2 Å². The van der Waals surface area contributed by atoms with Gasteiger partial charge in [-0.25, -0.2) is 4.39 Å². The molecule has 0 unspecified atom stereocenters. The lowest BCUT2D eigenvalue weighted by Gasteiger charge is -2.30. The van der Waals surface area contributed by atoms with Crippen LogP contribution in [0, 0.1) is 17.7 Å². The SMILES string of the molecule is COc1cc(F)ccc1[C@H](C(C)C)[C@H](C)OC(=O)[C@H](C)CC(=O)OC(C)(C)C. The van der Waals surface area contributed by atoms with Crippen LogP contribution in [-0.4, -0.2) is 30.8 Å². The van der Waals surface area contributed by atoms with Crippen LogP contribution in [0.4, 0.5) is 4.39 Å². The number of hydrogen-bond acceptors (Lipinski definition) is 5. The van der Waals surface area contributed by atoms with Crippen LogP contribution in [0.15, 0.2) is 18.2 Å². The molecule has 5 nitrogen and oxygen atoms in total. The van der Waals surface area contributed by atoms with Gasteiger partial charge in [-0.2, -0.15) is 0 Å². The minimum absolute atomic E-state index is 0.0466. The molecule has 0 aromatic heterocycles. The van der Waals surface area contributed by atoms with E-state index in [0.717, 1.165) is 5.56 Å². The minimum Gasteiger partial charge on any atom is -0.496 e. The van der Waals surface area contributed by atoms with Crippen LogP contribution >= 0.6 is 0 Å². The van der Waals surface area contributed by atoms with E-state index in [2.05, 4.69) is 0 Å². The van der Waals surface area contributed by atoms with Gasteiger partial charge in [0.1, 0.15) is 23.3 Å². The van der Waals surface area contributed by atoms with Crippen molar-refractivity contribution in [1.82, 2.24) is 0 Å². The fourth-order valence-corrected chi connectivity index (χ4v) is 3.20. The van der Waals surface area contributed by atoms with Crippen molar-refractivity contribution in [2.45, 2.75) is 72.5 Å². The highest BCUT2D eigenvalue weighted by Gasteiger charge is 2.31. The Kier molecular flexibility index (Phi) is 8.46. The molecule has 0 aliphatic heterocycles. The van der Waals surface area contributed by atoms with Gasteiger partial charge >= 0.3 is 11.9 Å². The summed E-state index contributed by atoms with van der Waals surface area (Å²) in [4.78, 5) is 24.5. The zero-order valence-corrected chi connectivity index (χ0v) is 18.2. The largest absolute Gasteiger partial charge is 0.496 e. The van der Waals surface area contributed by atoms with E-state index in [1.54, 1.807) is 40.7 Å². The molecule has 0 heterocycles. The van der Waals surface area contributed by atoms with Crippen LogP contribution in [0.3, 0.4) is 0 Å². The fraction of sp³-hybridized carbons (Fsp3) is 0.636. The molecule has 1 aromatic carbocycles. The summed E-state index contributed by atoms with van der Waals surface area (Å²) in [6.45, 7) is 12.8. The Labute approximate surface area is 167 Å². The van der Waals surface area contributed by atoms with E-state index in [-0.39, 0.29) is 18.3 Å². The Hall–Kier alpha value is -2.11. The molecule has 0 saturated carbocycles. The Balaban J connectivity index is 2.88. The number of rotatable bonds is 8. The van der Waals surface area contributed by atoms with Gasteiger partial charge in [-0.05, 0) is 39.7 Å². The monoisotopic (exact) mass is 396 g/mol. The maximum atomic E-state index is 13.5. The lowest BCUT2D eigenvalue weighted by molar-refractivity contribution is -0.163. The average molecular weight is 396 g/mol. The van der Waals surface area contributed by atoms with Crippen LogP contribution in [0.5, 0.6) is 5.75 Å². The van der Waals surface area contributed by atoms with Gasteiger partial charge in [0.05, 0.1) is 19.4 Å². The summed E-state index contributed by atoms with van der Waals surface area (Å²) in [6.07, 6.45) is -0.525. The summed E-state index contributed by atoms with van der Waals surface area (Å²) in [6, 6.07) is 4.35. The number of ether oxygens (including phenoxy) is 3. The molecule has 0 fully saturated rings. The fourth-order valence-electron chi connectivity index (χ4n) is 3.20. The van der Waals surface area contributed by atoms with Gasteiger partial charge < -0.3 is 14.2 Å². The first-order chi connectivity index (χ1) is 12.9. The molecule has 158 valence electrons. The first kappa shape index (κ1) is 23.9. The van der Waals surface area contributed by atoms with Crippen molar-refractivity contribution in [3.63, 3.8) is 0 Å².